The van der Waals surface area contributed by atoms with Crippen LogP contribution in [-0.2, 0) is 16.1 Å². The van der Waals surface area contributed by atoms with Crippen LogP contribution in [0.1, 0.15) is 27.9 Å². The second kappa shape index (κ2) is 7.39. The Morgan fingerprint density at radius 3 is 2.38 bits per heavy atom. The first-order valence-corrected chi connectivity index (χ1v) is 8.41. The number of hydrogen-bond donors (Lipinski definition) is 2. The smallest absolute Gasteiger partial charge is 0.335 e. The maximum atomic E-state index is 12.4. The molecular weight excluding hydrogens is 332 g/mol. The molecular formula is C20H20N2O4. The summed E-state index contributed by atoms with van der Waals surface area (Å²) >= 11 is 0. The molecule has 0 bridgehead atoms. The van der Waals surface area contributed by atoms with Gasteiger partial charge in [0.2, 0.25) is 11.8 Å². The molecule has 2 N–H and O–H groups in total. The summed E-state index contributed by atoms with van der Waals surface area (Å²) in [5.41, 5.74) is 2.93. The zero-order valence-electron chi connectivity index (χ0n) is 14.4. The molecule has 0 aromatic heterocycles. The number of benzene rings is 2. The van der Waals surface area contributed by atoms with Gasteiger partial charge in [0.25, 0.3) is 0 Å². The molecule has 0 spiro atoms. The second-order valence-electron chi connectivity index (χ2n) is 6.46. The molecule has 1 unspecified atom stereocenters. The summed E-state index contributed by atoms with van der Waals surface area (Å²) in [4.78, 5) is 37.1. The van der Waals surface area contributed by atoms with Crippen LogP contribution in [0.3, 0.4) is 0 Å². The van der Waals surface area contributed by atoms with E-state index in [4.69, 9.17) is 5.11 Å². The van der Waals surface area contributed by atoms with Crippen molar-refractivity contribution in [1.82, 2.24) is 5.32 Å². The first kappa shape index (κ1) is 17.7. The molecule has 1 saturated heterocycles. The Kier molecular flexibility index (Phi) is 5.02. The molecule has 0 saturated carbocycles. The van der Waals surface area contributed by atoms with E-state index in [2.05, 4.69) is 5.32 Å². The van der Waals surface area contributed by atoms with Crippen LogP contribution >= 0.6 is 0 Å². The number of anilines is 1. The van der Waals surface area contributed by atoms with Crippen LogP contribution in [0.5, 0.6) is 0 Å². The summed E-state index contributed by atoms with van der Waals surface area (Å²) < 4.78 is 0. The van der Waals surface area contributed by atoms with Gasteiger partial charge in [-0.3, -0.25) is 9.59 Å². The van der Waals surface area contributed by atoms with E-state index in [0.29, 0.717) is 13.1 Å². The van der Waals surface area contributed by atoms with E-state index >= 15 is 0 Å². The standard InChI is InChI=1S/C20H20N2O4/c1-13-2-8-17(9-3-13)22-12-16(10-18(22)23)19(24)21-11-14-4-6-15(7-5-14)20(25)26/h2-9,16H,10-12H2,1H3,(H,21,24)(H,25,26). The summed E-state index contributed by atoms with van der Waals surface area (Å²) in [5, 5.41) is 11.7. The Labute approximate surface area is 151 Å². The molecule has 0 radical (unpaired) electrons. The van der Waals surface area contributed by atoms with E-state index in [1.54, 1.807) is 17.0 Å². The van der Waals surface area contributed by atoms with Gasteiger partial charge in [0.15, 0.2) is 0 Å². The van der Waals surface area contributed by atoms with Crippen LogP contribution in [0.4, 0.5) is 5.69 Å². The maximum Gasteiger partial charge on any atom is 0.335 e. The highest BCUT2D eigenvalue weighted by molar-refractivity contribution is 6.00. The number of hydrogen-bond acceptors (Lipinski definition) is 3. The van der Waals surface area contributed by atoms with Gasteiger partial charge in [0.1, 0.15) is 0 Å². The van der Waals surface area contributed by atoms with E-state index in [-0.39, 0.29) is 29.7 Å². The highest BCUT2D eigenvalue weighted by atomic mass is 16.4. The number of carbonyl (C=O) groups is 3. The van der Waals surface area contributed by atoms with Crippen molar-refractivity contribution in [3.8, 4) is 0 Å². The Hall–Kier alpha value is -3.15. The van der Waals surface area contributed by atoms with Gasteiger partial charge >= 0.3 is 5.97 Å². The Balaban J connectivity index is 1.57. The molecule has 1 aliphatic rings. The van der Waals surface area contributed by atoms with E-state index in [9.17, 15) is 14.4 Å². The lowest BCUT2D eigenvalue weighted by atomic mass is 10.1. The summed E-state index contributed by atoms with van der Waals surface area (Å²) in [6.07, 6.45) is 0.192. The van der Waals surface area contributed by atoms with Crippen LogP contribution < -0.4 is 10.2 Å². The van der Waals surface area contributed by atoms with E-state index < -0.39 is 5.97 Å². The number of aryl methyl sites for hydroxylation is 1. The third kappa shape index (κ3) is 3.91. The first-order chi connectivity index (χ1) is 12.4. The number of nitrogens with zero attached hydrogens (tertiary/aromatic N) is 1. The molecule has 1 aliphatic heterocycles. The molecule has 3 rings (SSSR count). The van der Waals surface area contributed by atoms with Gasteiger partial charge in [-0.05, 0) is 36.8 Å². The van der Waals surface area contributed by atoms with Crippen molar-refractivity contribution >= 4 is 23.5 Å². The average molecular weight is 352 g/mol. The fraction of sp³-hybridized carbons (Fsp3) is 0.250. The molecule has 26 heavy (non-hydrogen) atoms. The minimum Gasteiger partial charge on any atom is -0.478 e. The number of rotatable bonds is 5. The lowest BCUT2D eigenvalue weighted by molar-refractivity contribution is -0.126. The Morgan fingerprint density at radius 1 is 1.12 bits per heavy atom. The summed E-state index contributed by atoms with van der Waals surface area (Å²) in [5.74, 6) is -1.60. The molecule has 0 aliphatic carbocycles. The Morgan fingerprint density at radius 2 is 1.77 bits per heavy atom. The van der Waals surface area contributed by atoms with Crippen LogP contribution in [0, 0.1) is 12.8 Å². The van der Waals surface area contributed by atoms with Gasteiger partial charge in [-0.25, -0.2) is 4.79 Å². The highest BCUT2D eigenvalue weighted by Gasteiger charge is 2.34. The van der Waals surface area contributed by atoms with Crippen LogP contribution in [0.25, 0.3) is 0 Å². The van der Waals surface area contributed by atoms with Crippen LogP contribution in [0.15, 0.2) is 48.5 Å². The topological polar surface area (TPSA) is 86.7 Å². The van der Waals surface area contributed by atoms with Crippen molar-refractivity contribution in [1.29, 1.82) is 0 Å². The summed E-state index contributed by atoms with van der Waals surface area (Å²) in [6.45, 7) is 2.65. The number of carboxylic acids is 1. The van der Waals surface area contributed by atoms with E-state index in [0.717, 1.165) is 16.8 Å². The highest BCUT2D eigenvalue weighted by Crippen LogP contribution is 2.25. The molecule has 134 valence electrons. The van der Waals surface area contributed by atoms with Gasteiger partial charge in [-0.15, -0.1) is 0 Å². The Bertz CT molecular complexity index is 828. The molecule has 2 amide bonds. The van der Waals surface area contributed by atoms with Crippen molar-refractivity contribution in [2.75, 3.05) is 11.4 Å². The SMILES string of the molecule is Cc1ccc(N2CC(C(=O)NCc3ccc(C(=O)O)cc3)CC2=O)cc1. The molecule has 6 heteroatoms. The number of nitrogens with one attached hydrogen (secondary N) is 1. The lowest BCUT2D eigenvalue weighted by Gasteiger charge is -2.17. The number of aromatic carboxylic acids is 1. The van der Waals surface area contributed by atoms with E-state index in [1.807, 2.05) is 31.2 Å². The molecule has 1 fully saturated rings. The van der Waals surface area contributed by atoms with Gasteiger partial charge in [0.05, 0.1) is 11.5 Å². The van der Waals surface area contributed by atoms with Gasteiger partial charge in [0, 0.05) is 25.2 Å². The third-order valence-electron chi connectivity index (χ3n) is 4.51. The second-order valence-corrected chi connectivity index (χ2v) is 6.46. The van der Waals surface area contributed by atoms with Crippen LogP contribution in [0.2, 0.25) is 0 Å². The zero-order valence-corrected chi connectivity index (χ0v) is 14.4. The number of carboxylic acid groups (broad SMARTS) is 1. The fourth-order valence-corrected chi connectivity index (χ4v) is 2.96. The van der Waals surface area contributed by atoms with Gasteiger partial charge in [-0.2, -0.15) is 0 Å². The summed E-state index contributed by atoms with van der Waals surface area (Å²) in [6, 6.07) is 14.0. The predicted octanol–water partition coefficient (Wildman–Crippen LogP) is 2.36. The van der Waals surface area contributed by atoms with Crippen molar-refractivity contribution in [2.45, 2.75) is 19.9 Å². The fourth-order valence-electron chi connectivity index (χ4n) is 2.96. The molecule has 2 aromatic rings. The number of amides is 2. The number of carbonyl (C=O) groups excluding carboxylic acids is 2. The van der Waals surface area contributed by atoms with Gasteiger partial charge < -0.3 is 15.3 Å². The van der Waals surface area contributed by atoms with Crippen molar-refractivity contribution in [3.63, 3.8) is 0 Å². The maximum absolute atomic E-state index is 12.4. The third-order valence-corrected chi connectivity index (χ3v) is 4.51. The quantitative estimate of drug-likeness (QED) is 0.865. The van der Waals surface area contributed by atoms with Crippen LogP contribution in [-0.4, -0.2) is 29.4 Å². The predicted molar refractivity (Wildman–Crippen MR) is 96.9 cm³/mol. The minimum absolute atomic E-state index is 0.0557. The molecule has 1 heterocycles. The molecule has 6 nitrogen and oxygen atoms in total. The zero-order chi connectivity index (χ0) is 18.7. The van der Waals surface area contributed by atoms with Gasteiger partial charge in [-0.1, -0.05) is 29.8 Å². The first-order valence-electron chi connectivity index (χ1n) is 8.41. The normalized spacial score (nSPS) is 16.6. The largest absolute Gasteiger partial charge is 0.478 e. The van der Waals surface area contributed by atoms with Crippen molar-refractivity contribution in [3.05, 3.63) is 65.2 Å². The average Bonchev–Trinajstić information content (AvgIpc) is 3.02. The van der Waals surface area contributed by atoms with Crippen molar-refractivity contribution < 1.29 is 19.5 Å². The lowest BCUT2D eigenvalue weighted by Crippen LogP contribution is -2.32. The summed E-state index contributed by atoms with van der Waals surface area (Å²) in [7, 11) is 0. The molecule has 2 aromatic carbocycles. The van der Waals surface area contributed by atoms with E-state index in [1.165, 1.54) is 12.1 Å². The monoisotopic (exact) mass is 352 g/mol. The minimum atomic E-state index is -0.985. The van der Waals surface area contributed by atoms with Crippen molar-refractivity contribution in [2.24, 2.45) is 5.92 Å². The molecule has 1 atom stereocenters.